The number of anilines is 4. The van der Waals surface area contributed by atoms with Gasteiger partial charge in [-0.2, -0.15) is 0 Å². The second-order valence-electron chi connectivity index (χ2n) is 18.2. The van der Waals surface area contributed by atoms with Gasteiger partial charge in [0.05, 0.1) is 28.7 Å². The Morgan fingerprint density at radius 2 is 1.51 bits per heavy atom. The molecule has 5 aromatic carbocycles. The maximum atomic E-state index is 13.8. The first-order valence-electron chi connectivity index (χ1n) is 24.3. The first-order valence-corrected chi connectivity index (χ1v) is 27.2. The maximum Gasteiger partial charge on any atom is 0.340 e. The number of nitrogens with one attached hydrogen (secondary N) is 2. The Labute approximate surface area is 426 Å². The molecule has 0 saturated carbocycles. The highest BCUT2D eigenvalue weighted by Crippen LogP contribution is 2.41. The van der Waals surface area contributed by atoms with E-state index in [0.717, 1.165) is 116 Å². The number of aromatic nitrogens is 1. The minimum atomic E-state index is -3.88. The predicted molar refractivity (Wildman–Crippen MR) is 287 cm³/mol. The molecular weight excluding hydrogens is 956 g/mol. The van der Waals surface area contributed by atoms with Crippen molar-refractivity contribution >= 4 is 68.1 Å². The van der Waals surface area contributed by atoms with Gasteiger partial charge in [0.2, 0.25) is 0 Å². The molecule has 71 heavy (non-hydrogen) atoms. The first-order chi connectivity index (χ1) is 34.3. The van der Waals surface area contributed by atoms with E-state index in [1.54, 1.807) is 36.0 Å². The van der Waals surface area contributed by atoms with E-state index in [1.165, 1.54) is 4.90 Å². The molecule has 374 valence electrons. The van der Waals surface area contributed by atoms with Gasteiger partial charge in [-0.25, -0.2) is 13.2 Å². The highest BCUT2D eigenvalue weighted by molar-refractivity contribution is 7.99. The van der Waals surface area contributed by atoms with E-state index in [9.17, 15) is 28.2 Å². The third-order valence-corrected chi connectivity index (χ3v) is 16.2. The number of aryl methyl sites for hydroxylation is 1. The number of thioether (sulfide) groups is 1. The molecule has 1 aromatic heterocycles. The number of benzene rings is 5. The molecule has 2 aliphatic heterocycles. The molecular formula is C55H63ClN6O7S2. The molecule has 6 aromatic rings. The van der Waals surface area contributed by atoms with Crippen LogP contribution in [0, 0.1) is 13.8 Å². The monoisotopic (exact) mass is 1020 g/mol. The summed E-state index contributed by atoms with van der Waals surface area (Å²) in [7, 11) is -3.88. The maximum absolute atomic E-state index is 13.8. The van der Waals surface area contributed by atoms with Crippen molar-refractivity contribution in [3.63, 3.8) is 0 Å². The van der Waals surface area contributed by atoms with Crippen LogP contribution in [0.25, 0.3) is 22.4 Å². The highest BCUT2D eigenvalue weighted by Gasteiger charge is 2.29. The number of hydrogen-bond acceptors (Lipinski definition) is 11. The lowest BCUT2D eigenvalue weighted by atomic mass is 9.96. The minimum absolute atomic E-state index is 0.148. The summed E-state index contributed by atoms with van der Waals surface area (Å²) in [5.41, 5.74) is 8.61. The molecule has 0 spiro atoms. The lowest BCUT2D eigenvalue weighted by molar-refractivity contribution is -0.137. The Balaban J connectivity index is 0.913. The SMILES string of the molecule is CCn1c(C)c(C(=O)OCCC(=O)O)c(-c2cccc(N3CCN(c4ccc(NS(=O)(=O)c5ccc(N[C@H](CCN6CCC(O)CC6)CSc6ccccc6)c(C)c5)cc4)CC3)c2)c1-c1ccc(Cl)cc1. The Kier molecular flexibility index (Phi) is 17.0. The number of sulfonamides is 1. The number of carbonyl (C=O) groups is 2. The molecule has 2 aliphatic rings. The van der Waals surface area contributed by atoms with Crippen LogP contribution in [0.15, 0.2) is 131 Å². The smallest absolute Gasteiger partial charge is 0.340 e. The summed E-state index contributed by atoms with van der Waals surface area (Å²) >= 11 is 8.10. The van der Waals surface area contributed by atoms with Crippen LogP contribution in [0.3, 0.4) is 0 Å². The molecule has 0 radical (unpaired) electrons. The normalized spacial score (nSPS) is 15.1. The van der Waals surface area contributed by atoms with Gasteiger partial charge in [0.25, 0.3) is 10.0 Å². The number of esters is 1. The Hall–Kier alpha value is -5.97. The van der Waals surface area contributed by atoms with Crippen molar-refractivity contribution in [1.82, 2.24) is 9.47 Å². The predicted octanol–water partition coefficient (Wildman–Crippen LogP) is 10.3. The second-order valence-corrected chi connectivity index (χ2v) is 21.4. The summed E-state index contributed by atoms with van der Waals surface area (Å²) in [4.78, 5) is 33.4. The molecule has 2 saturated heterocycles. The molecule has 0 unspecified atom stereocenters. The molecule has 4 N–H and O–H groups in total. The molecule has 16 heteroatoms. The van der Waals surface area contributed by atoms with Crippen LogP contribution in [-0.2, 0) is 26.1 Å². The van der Waals surface area contributed by atoms with Crippen LogP contribution in [0.5, 0.6) is 0 Å². The molecule has 0 bridgehead atoms. The second kappa shape index (κ2) is 23.5. The van der Waals surface area contributed by atoms with Crippen molar-refractivity contribution in [2.24, 2.45) is 0 Å². The third-order valence-electron chi connectivity index (χ3n) is 13.4. The van der Waals surface area contributed by atoms with Gasteiger partial charge in [0.1, 0.15) is 6.61 Å². The number of carboxylic acid groups (broad SMARTS) is 1. The molecule has 0 amide bonds. The van der Waals surface area contributed by atoms with E-state index in [4.69, 9.17) is 16.3 Å². The van der Waals surface area contributed by atoms with Gasteiger partial charge in [0.15, 0.2) is 0 Å². The van der Waals surface area contributed by atoms with Crippen molar-refractivity contribution in [1.29, 1.82) is 0 Å². The molecule has 8 rings (SSSR count). The molecule has 13 nitrogen and oxygen atoms in total. The average Bonchev–Trinajstić information content (AvgIpc) is 3.68. The number of piperazine rings is 1. The summed E-state index contributed by atoms with van der Waals surface area (Å²) < 4.78 is 37.9. The van der Waals surface area contributed by atoms with Crippen LogP contribution in [0.2, 0.25) is 5.02 Å². The summed E-state index contributed by atoms with van der Waals surface area (Å²) in [6.45, 7) is 11.8. The minimum Gasteiger partial charge on any atom is -0.481 e. The van der Waals surface area contributed by atoms with Crippen molar-refractivity contribution in [2.45, 2.75) is 74.9 Å². The number of rotatable bonds is 20. The molecule has 3 heterocycles. The van der Waals surface area contributed by atoms with E-state index in [2.05, 4.69) is 53.6 Å². The molecule has 1 atom stereocenters. The van der Waals surface area contributed by atoms with Crippen molar-refractivity contribution in [2.75, 3.05) is 78.0 Å². The summed E-state index contributed by atoms with van der Waals surface area (Å²) in [6.07, 6.45) is 2.02. The van der Waals surface area contributed by atoms with E-state index in [-0.39, 0.29) is 30.1 Å². The third kappa shape index (κ3) is 12.9. The molecule has 2 fully saturated rings. The highest BCUT2D eigenvalue weighted by atomic mass is 35.5. The van der Waals surface area contributed by atoms with E-state index in [0.29, 0.717) is 28.4 Å². The Morgan fingerprint density at radius 3 is 2.17 bits per heavy atom. The number of piperidine rings is 1. The number of aliphatic hydroxyl groups is 1. The first kappa shape index (κ1) is 51.4. The standard InChI is InChI=1S/C55H63ClN6O7S2/c1-4-62-39(3)52(55(66)69-34-26-51(64)65)53(54(62)40-13-15-42(56)16-14-40)41-9-8-10-46(36-41)61-32-30-60(31-33-61)45-19-17-43(18-20-45)58-71(67,68)49-21-22-50(38(2)35-49)57-44(37-70-48-11-6-5-7-12-48)23-27-59-28-24-47(63)25-29-59/h5-22,35-36,44,47,57-58,63H,4,23-34,37H2,1-3H3,(H,64,65)/t44-/m1/s1. The van der Waals surface area contributed by atoms with Crippen molar-refractivity contribution in [3.05, 3.63) is 143 Å². The van der Waals surface area contributed by atoms with Crippen LogP contribution in [-0.4, -0.2) is 110 Å². The fraction of sp³-hybridized carbons (Fsp3) is 0.345. The lowest BCUT2D eigenvalue weighted by Gasteiger charge is -2.37. The van der Waals surface area contributed by atoms with Crippen LogP contribution in [0.1, 0.15) is 54.2 Å². The number of carbonyl (C=O) groups excluding carboxylic acids is 1. The number of ether oxygens (including phenoxy) is 1. The largest absolute Gasteiger partial charge is 0.481 e. The number of carboxylic acids is 1. The van der Waals surface area contributed by atoms with Crippen LogP contribution in [0.4, 0.5) is 22.7 Å². The number of hydrogen-bond donors (Lipinski definition) is 4. The molecule has 0 aliphatic carbocycles. The number of nitrogens with zero attached hydrogens (tertiary/aromatic N) is 4. The Morgan fingerprint density at radius 1 is 0.817 bits per heavy atom. The summed E-state index contributed by atoms with van der Waals surface area (Å²) in [6, 6.07) is 38.9. The fourth-order valence-electron chi connectivity index (χ4n) is 9.49. The van der Waals surface area contributed by atoms with Crippen molar-refractivity contribution in [3.8, 4) is 22.4 Å². The van der Waals surface area contributed by atoms with Gasteiger partial charge in [0, 0.05) is 108 Å². The average molecular weight is 1020 g/mol. The Bertz CT molecular complexity index is 2880. The zero-order chi connectivity index (χ0) is 50.1. The summed E-state index contributed by atoms with van der Waals surface area (Å²) in [5.74, 6) is -0.763. The van der Waals surface area contributed by atoms with Crippen molar-refractivity contribution < 1.29 is 33.0 Å². The van der Waals surface area contributed by atoms with E-state index in [1.807, 2.05) is 93.6 Å². The quantitative estimate of drug-likeness (QED) is 0.0425. The number of likely N-dealkylation sites (tertiary alicyclic amines) is 1. The van der Waals surface area contributed by atoms with Crippen LogP contribution < -0.4 is 19.8 Å². The van der Waals surface area contributed by atoms with Gasteiger partial charge < -0.3 is 39.5 Å². The zero-order valence-electron chi connectivity index (χ0n) is 40.5. The number of halogens is 1. The van der Waals surface area contributed by atoms with Gasteiger partial charge in [-0.05, 0) is 136 Å². The van der Waals surface area contributed by atoms with Crippen LogP contribution >= 0.6 is 23.4 Å². The topological polar surface area (TPSA) is 157 Å². The lowest BCUT2D eigenvalue weighted by Crippen LogP contribution is -2.46. The van der Waals surface area contributed by atoms with E-state index >= 15 is 0 Å². The van der Waals surface area contributed by atoms with Gasteiger partial charge in [-0.15, -0.1) is 11.8 Å². The van der Waals surface area contributed by atoms with Gasteiger partial charge in [-0.3, -0.25) is 9.52 Å². The fourth-order valence-corrected chi connectivity index (χ4v) is 11.7. The zero-order valence-corrected chi connectivity index (χ0v) is 42.9. The van der Waals surface area contributed by atoms with Gasteiger partial charge in [-0.1, -0.05) is 54.1 Å². The van der Waals surface area contributed by atoms with E-state index < -0.39 is 22.0 Å². The number of aliphatic hydroxyl groups excluding tert-OH is 1. The summed E-state index contributed by atoms with van der Waals surface area (Å²) in [5, 5.41) is 23.5. The number of aliphatic carboxylic acids is 1. The van der Waals surface area contributed by atoms with Gasteiger partial charge >= 0.3 is 11.9 Å².